The van der Waals surface area contributed by atoms with Crippen molar-refractivity contribution in [3.05, 3.63) is 34.9 Å². The average Bonchev–Trinajstić information content (AvgIpc) is 2.43. The molecule has 0 unspecified atom stereocenters. The molecule has 0 fully saturated rings. The zero-order valence-corrected chi connectivity index (χ0v) is 11.8. The van der Waals surface area contributed by atoms with E-state index in [9.17, 15) is 14.7 Å². The molecule has 1 atom stereocenters. The first-order valence-corrected chi connectivity index (χ1v) is 6.41. The normalized spacial score (nSPS) is 11.8. The number of carbonyl (C=O) groups excluding carboxylic acids is 2. The first-order valence-electron chi connectivity index (χ1n) is 6.03. The molecule has 0 aromatic heterocycles. The lowest BCUT2D eigenvalue weighted by atomic mass is 10.2. The number of hydrogen-bond donors (Lipinski definition) is 3. The summed E-state index contributed by atoms with van der Waals surface area (Å²) in [5.74, 6) is -0.508. The zero-order chi connectivity index (χ0) is 15.1. The number of amides is 3. The summed E-state index contributed by atoms with van der Waals surface area (Å²) in [6, 6.07) is 6.27. The molecule has 20 heavy (non-hydrogen) atoms. The SMILES string of the molecule is CC(=O)N(C[C@H](O)CO)C(=O)NCc1ccc(Cl)cc1. The van der Waals surface area contributed by atoms with Gasteiger partial charge in [0, 0.05) is 18.5 Å². The van der Waals surface area contributed by atoms with Crippen LogP contribution in [0.5, 0.6) is 0 Å². The molecule has 1 rings (SSSR count). The molecule has 6 nitrogen and oxygen atoms in total. The minimum Gasteiger partial charge on any atom is -0.394 e. The number of rotatable bonds is 5. The van der Waals surface area contributed by atoms with Crippen LogP contribution in [0.3, 0.4) is 0 Å². The Bertz CT molecular complexity index is 464. The minimum absolute atomic E-state index is 0.231. The molecule has 1 aromatic rings. The van der Waals surface area contributed by atoms with Crippen LogP contribution in [0.15, 0.2) is 24.3 Å². The second kappa shape index (κ2) is 7.84. The highest BCUT2D eigenvalue weighted by molar-refractivity contribution is 6.30. The van der Waals surface area contributed by atoms with E-state index in [2.05, 4.69) is 5.32 Å². The number of aliphatic hydroxyl groups is 2. The lowest BCUT2D eigenvalue weighted by molar-refractivity contribution is -0.127. The van der Waals surface area contributed by atoms with Crippen LogP contribution < -0.4 is 5.32 Å². The van der Waals surface area contributed by atoms with E-state index in [1.54, 1.807) is 24.3 Å². The Morgan fingerprint density at radius 1 is 1.35 bits per heavy atom. The maximum Gasteiger partial charge on any atom is 0.324 e. The molecule has 0 aliphatic carbocycles. The Morgan fingerprint density at radius 2 is 1.95 bits per heavy atom. The predicted molar refractivity (Wildman–Crippen MR) is 74.2 cm³/mol. The molecule has 0 radical (unpaired) electrons. The van der Waals surface area contributed by atoms with E-state index in [1.807, 2.05) is 0 Å². The van der Waals surface area contributed by atoms with E-state index in [0.29, 0.717) is 5.02 Å². The highest BCUT2D eigenvalue weighted by Crippen LogP contribution is 2.09. The lowest BCUT2D eigenvalue weighted by Crippen LogP contribution is -2.46. The van der Waals surface area contributed by atoms with E-state index in [4.69, 9.17) is 16.7 Å². The van der Waals surface area contributed by atoms with Gasteiger partial charge in [0.15, 0.2) is 0 Å². The smallest absolute Gasteiger partial charge is 0.324 e. The molecular weight excluding hydrogens is 284 g/mol. The number of nitrogens with zero attached hydrogens (tertiary/aromatic N) is 1. The van der Waals surface area contributed by atoms with Crippen molar-refractivity contribution >= 4 is 23.5 Å². The first-order chi connectivity index (χ1) is 9.43. The van der Waals surface area contributed by atoms with E-state index in [0.717, 1.165) is 10.5 Å². The van der Waals surface area contributed by atoms with Crippen LogP contribution in [0, 0.1) is 0 Å². The van der Waals surface area contributed by atoms with E-state index in [-0.39, 0.29) is 13.1 Å². The van der Waals surface area contributed by atoms with Crippen molar-refractivity contribution in [1.29, 1.82) is 0 Å². The van der Waals surface area contributed by atoms with E-state index >= 15 is 0 Å². The van der Waals surface area contributed by atoms with Crippen molar-refractivity contribution in [2.75, 3.05) is 13.2 Å². The maximum absolute atomic E-state index is 11.9. The van der Waals surface area contributed by atoms with Gasteiger partial charge in [-0.3, -0.25) is 9.69 Å². The van der Waals surface area contributed by atoms with Gasteiger partial charge < -0.3 is 15.5 Å². The Balaban J connectivity index is 2.58. The van der Waals surface area contributed by atoms with Crippen LogP contribution in [0.25, 0.3) is 0 Å². The molecule has 0 spiro atoms. The summed E-state index contributed by atoms with van der Waals surface area (Å²) >= 11 is 5.75. The van der Waals surface area contributed by atoms with Crippen LogP contribution in [0.4, 0.5) is 4.79 Å². The van der Waals surface area contributed by atoms with Gasteiger partial charge in [0.25, 0.3) is 0 Å². The summed E-state index contributed by atoms with van der Waals surface area (Å²) in [5.41, 5.74) is 0.828. The fraction of sp³-hybridized carbons (Fsp3) is 0.385. The van der Waals surface area contributed by atoms with Gasteiger partial charge in [0.2, 0.25) is 5.91 Å². The van der Waals surface area contributed by atoms with Crippen molar-refractivity contribution in [1.82, 2.24) is 10.2 Å². The summed E-state index contributed by atoms with van der Waals surface area (Å²) in [7, 11) is 0. The molecule has 0 bridgehead atoms. The predicted octanol–water partition coefficient (Wildman–Crippen LogP) is 0.751. The number of carbonyl (C=O) groups is 2. The standard InChI is InChI=1S/C13H17ClN2O4/c1-9(18)16(7-12(19)8-17)13(20)15-6-10-2-4-11(14)5-3-10/h2-5,12,17,19H,6-8H2,1H3,(H,15,20)/t12-/m0/s1. The third-order valence-electron chi connectivity index (χ3n) is 2.59. The Labute approximate surface area is 122 Å². The fourth-order valence-electron chi connectivity index (χ4n) is 1.50. The van der Waals surface area contributed by atoms with Crippen LogP contribution in [0.2, 0.25) is 5.02 Å². The summed E-state index contributed by atoms with van der Waals surface area (Å²) < 4.78 is 0. The van der Waals surface area contributed by atoms with Crippen molar-refractivity contribution < 1.29 is 19.8 Å². The molecule has 110 valence electrons. The minimum atomic E-state index is -1.15. The summed E-state index contributed by atoms with van der Waals surface area (Å²) in [6.45, 7) is 0.674. The highest BCUT2D eigenvalue weighted by Gasteiger charge is 2.20. The van der Waals surface area contributed by atoms with E-state index < -0.39 is 24.6 Å². The number of nitrogens with one attached hydrogen (secondary N) is 1. The average molecular weight is 301 g/mol. The quantitative estimate of drug-likeness (QED) is 0.748. The molecule has 3 N–H and O–H groups in total. The van der Waals surface area contributed by atoms with Crippen molar-refractivity contribution in [2.24, 2.45) is 0 Å². The van der Waals surface area contributed by atoms with Gasteiger partial charge in [0.1, 0.15) is 0 Å². The number of hydrogen-bond acceptors (Lipinski definition) is 4. The number of urea groups is 1. The van der Waals surface area contributed by atoms with Gasteiger partial charge in [0.05, 0.1) is 19.3 Å². The van der Waals surface area contributed by atoms with Crippen LogP contribution in [0.1, 0.15) is 12.5 Å². The molecule has 3 amide bonds. The van der Waals surface area contributed by atoms with Gasteiger partial charge >= 0.3 is 6.03 Å². The number of halogens is 1. The third kappa shape index (κ3) is 5.16. The molecule has 0 saturated heterocycles. The topological polar surface area (TPSA) is 89.9 Å². The van der Waals surface area contributed by atoms with Crippen LogP contribution in [-0.2, 0) is 11.3 Å². The van der Waals surface area contributed by atoms with Gasteiger partial charge in [-0.2, -0.15) is 0 Å². The van der Waals surface area contributed by atoms with Crippen molar-refractivity contribution in [3.63, 3.8) is 0 Å². The van der Waals surface area contributed by atoms with Crippen molar-refractivity contribution in [2.45, 2.75) is 19.6 Å². The van der Waals surface area contributed by atoms with Crippen molar-refractivity contribution in [3.8, 4) is 0 Å². The Kier molecular flexibility index (Phi) is 6.44. The largest absolute Gasteiger partial charge is 0.394 e. The Morgan fingerprint density at radius 3 is 2.45 bits per heavy atom. The van der Waals surface area contributed by atoms with Gasteiger partial charge in [-0.25, -0.2) is 4.79 Å². The van der Waals surface area contributed by atoms with Crippen LogP contribution >= 0.6 is 11.6 Å². The molecule has 0 aliphatic heterocycles. The second-order valence-electron chi connectivity index (χ2n) is 4.25. The maximum atomic E-state index is 11.9. The second-order valence-corrected chi connectivity index (χ2v) is 4.69. The summed E-state index contributed by atoms with van der Waals surface area (Å²) in [4.78, 5) is 24.0. The molecule has 0 heterocycles. The first kappa shape index (κ1) is 16.4. The zero-order valence-electron chi connectivity index (χ0n) is 11.0. The molecule has 0 aliphatic rings. The molecular formula is C13H17ClN2O4. The number of imide groups is 1. The fourth-order valence-corrected chi connectivity index (χ4v) is 1.62. The summed E-state index contributed by atoms with van der Waals surface area (Å²) in [5, 5.41) is 21.2. The summed E-state index contributed by atoms with van der Waals surface area (Å²) in [6.07, 6.45) is -1.15. The Hall–Kier alpha value is -1.63. The molecule has 1 aromatic carbocycles. The van der Waals surface area contributed by atoms with Gasteiger partial charge in [-0.05, 0) is 17.7 Å². The molecule has 7 heteroatoms. The molecule has 0 saturated carbocycles. The number of aliphatic hydroxyl groups excluding tert-OH is 2. The monoisotopic (exact) mass is 300 g/mol. The van der Waals surface area contributed by atoms with Crippen LogP contribution in [-0.4, -0.2) is 46.3 Å². The van der Waals surface area contributed by atoms with E-state index in [1.165, 1.54) is 6.92 Å². The third-order valence-corrected chi connectivity index (χ3v) is 2.84. The highest BCUT2D eigenvalue weighted by atomic mass is 35.5. The van der Waals surface area contributed by atoms with Gasteiger partial charge in [-0.15, -0.1) is 0 Å². The lowest BCUT2D eigenvalue weighted by Gasteiger charge is -2.21. The number of benzene rings is 1. The van der Waals surface area contributed by atoms with Gasteiger partial charge in [-0.1, -0.05) is 23.7 Å².